The summed E-state index contributed by atoms with van der Waals surface area (Å²) in [7, 11) is 0. The molecule has 2 N–H and O–H groups in total. The van der Waals surface area contributed by atoms with Gasteiger partial charge >= 0.3 is 0 Å². The first-order chi connectivity index (χ1) is 8.66. The van der Waals surface area contributed by atoms with Crippen LogP contribution in [-0.4, -0.2) is 16.2 Å². The van der Waals surface area contributed by atoms with Crippen LogP contribution < -0.4 is 10.5 Å². The molecular weight excluding hydrogens is 301 g/mol. The van der Waals surface area contributed by atoms with Crippen LogP contribution >= 0.6 is 15.9 Å². The Morgan fingerprint density at radius 1 is 1.44 bits per heavy atom. The van der Waals surface area contributed by atoms with Crippen molar-refractivity contribution in [3.05, 3.63) is 41.1 Å². The number of aryl methyl sites for hydroxylation is 1. The van der Waals surface area contributed by atoms with Gasteiger partial charge in [0.1, 0.15) is 5.82 Å². The molecule has 0 amide bonds. The highest BCUT2D eigenvalue weighted by Gasteiger charge is 2.08. The summed E-state index contributed by atoms with van der Waals surface area (Å²) in [5, 5.41) is 0. The lowest BCUT2D eigenvalue weighted by Crippen LogP contribution is -2.05. The standard InChI is InChI=1S/C12H13BrFN3O/c13-10-6-9(14)7-11(15)12(10)18-5-1-3-17-4-2-16-8-17/h2,4,6-8H,1,3,5,15H2. The molecule has 0 unspecified atom stereocenters. The van der Waals surface area contributed by atoms with Gasteiger partial charge in [-0.05, 0) is 28.4 Å². The Morgan fingerprint density at radius 3 is 2.94 bits per heavy atom. The van der Waals surface area contributed by atoms with E-state index in [1.807, 2.05) is 10.8 Å². The zero-order valence-electron chi connectivity index (χ0n) is 9.64. The number of nitrogen functional groups attached to an aromatic ring is 1. The van der Waals surface area contributed by atoms with Crippen molar-refractivity contribution < 1.29 is 9.13 Å². The van der Waals surface area contributed by atoms with E-state index in [4.69, 9.17) is 10.5 Å². The van der Waals surface area contributed by atoms with Gasteiger partial charge in [-0.25, -0.2) is 9.37 Å². The molecule has 1 aromatic carbocycles. The largest absolute Gasteiger partial charge is 0.490 e. The van der Waals surface area contributed by atoms with Gasteiger partial charge in [-0.1, -0.05) is 0 Å². The fourth-order valence-electron chi connectivity index (χ4n) is 1.57. The van der Waals surface area contributed by atoms with E-state index in [-0.39, 0.29) is 5.82 Å². The number of hydrogen-bond acceptors (Lipinski definition) is 3. The van der Waals surface area contributed by atoms with Crippen LogP contribution in [-0.2, 0) is 6.54 Å². The number of aromatic nitrogens is 2. The summed E-state index contributed by atoms with van der Waals surface area (Å²) in [5.41, 5.74) is 5.98. The van der Waals surface area contributed by atoms with Crippen molar-refractivity contribution in [1.29, 1.82) is 0 Å². The smallest absolute Gasteiger partial charge is 0.156 e. The summed E-state index contributed by atoms with van der Waals surface area (Å²) >= 11 is 3.23. The van der Waals surface area contributed by atoms with E-state index in [1.54, 1.807) is 12.5 Å². The maximum Gasteiger partial charge on any atom is 0.156 e. The topological polar surface area (TPSA) is 53.1 Å². The van der Waals surface area contributed by atoms with Gasteiger partial charge in [-0.15, -0.1) is 0 Å². The number of anilines is 1. The summed E-state index contributed by atoms with van der Waals surface area (Å²) < 4.78 is 21.1. The third-order valence-corrected chi connectivity index (χ3v) is 2.99. The molecule has 18 heavy (non-hydrogen) atoms. The number of ether oxygens (including phenoxy) is 1. The summed E-state index contributed by atoms with van der Waals surface area (Å²) in [6, 6.07) is 2.58. The molecule has 0 fully saturated rings. The van der Waals surface area contributed by atoms with Crippen molar-refractivity contribution >= 4 is 21.6 Å². The fraction of sp³-hybridized carbons (Fsp3) is 0.250. The third-order valence-electron chi connectivity index (χ3n) is 2.40. The van der Waals surface area contributed by atoms with E-state index in [0.29, 0.717) is 22.5 Å². The maximum atomic E-state index is 13.0. The van der Waals surface area contributed by atoms with Crippen molar-refractivity contribution in [1.82, 2.24) is 9.55 Å². The predicted molar refractivity (Wildman–Crippen MR) is 70.9 cm³/mol. The Balaban J connectivity index is 1.87. The van der Waals surface area contributed by atoms with Gasteiger partial charge in [0, 0.05) is 25.0 Å². The lowest BCUT2D eigenvalue weighted by molar-refractivity contribution is 0.301. The van der Waals surface area contributed by atoms with E-state index in [0.717, 1.165) is 13.0 Å². The third kappa shape index (κ3) is 3.22. The Morgan fingerprint density at radius 2 is 2.28 bits per heavy atom. The highest BCUT2D eigenvalue weighted by molar-refractivity contribution is 9.10. The quantitative estimate of drug-likeness (QED) is 0.682. The molecule has 0 atom stereocenters. The molecule has 0 bridgehead atoms. The number of benzene rings is 1. The van der Waals surface area contributed by atoms with Crippen molar-refractivity contribution in [3.63, 3.8) is 0 Å². The Hall–Kier alpha value is -1.56. The number of imidazole rings is 1. The van der Waals surface area contributed by atoms with Crippen LogP contribution in [0.15, 0.2) is 35.3 Å². The summed E-state index contributed by atoms with van der Waals surface area (Å²) in [5.74, 6) is 0.104. The molecule has 0 saturated carbocycles. The molecule has 0 radical (unpaired) electrons. The molecule has 0 aliphatic carbocycles. The molecular formula is C12H13BrFN3O. The minimum absolute atomic E-state index is 0.296. The van der Waals surface area contributed by atoms with E-state index in [2.05, 4.69) is 20.9 Å². The van der Waals surface area contributed by atoms with Gasteiger partial charge in [-0.2, -0.15) is 0 Å². The second-order valence-corrected chi connectivity index (χ2v) is 4.66. The highest BCUT2D eigenvalue weighted by atomic mass is 79.9. The van der Waals surface area contributed by atoms with Crippen LogP contribution in [0.25, 0.3) is 0 Å². The molecule has 0 aliphatic rings. The maximum absolute atomic E-state index is 13.0. The lowest BCUT2D eigenvalue weighted by atomic mass is 10.3. The second kappa shape index (κ2) is 5.86. The van der Waals surface area contributed by atoms with Gasteiger partial charge in [0.2, 0.25) is 0 Å². The van der Waals surface area contributed by atoms with Crippen molar-refractivity contribution in [3.8, 4) is 5.75 Å². The molecule has 1 aromatic heterocycles. The van der Waals surface area contributed by atoms with E-state index >= 15 is 0 Å². The van der Waals surface area contributed by atoms with Crippen LogP contribution in [0, 0.1) is 5.82 Å². The average molecular weight is 314 g/mol. The van der Waals surface area contributed by atoms with Crippen LogP contribution in [0.2, 0.25) is 0 Å². The van der Waals surface area contributed by atoms with Crippen LogP contribution in [0.5, 0.6) is 5.75 Å². The van der Waals surface area contributed by atoms with Gasteiger partial charge in [0.25, 0.3) is 0 Å². The number of rotatable bonds is 5. The van der Waals surface area contributed by atoms with E-state index < -0.39 is 0 Å². The van der Waals surface area contributed by atoms with Crippen molar-refractivity contribution in [2.24, 2.45) is 0 Å². The Bertz CT molecular complexity index is 493. The van der Waals surface area contributed by atoms with E-state index in [9.17, 15) is 4.39 Å². The Labute approximate surface area is 113 Å². The molecule has 1 heterocycles. The molecule has 2 rings (SSSR count). The van der Waals surface area contributed by atoms with Crippen LogP contribution in [0.4, 0.5) is 10.1 Å². The first-order valence-corrected chi connectivity index (χ1v) is 6.29. The lowest BCUT2D eigenvalue weighted by Gasteiger charge is -2.11. The normalized spacial score (nSPS) is 10.6. The number of halogens is 2. The number of nitrogens with zero attached hydrogens (tertiary/aromatic N) is 2. The van der Waals surface area contributed by atoms with Gasteiger partial charge in [0.05, 0.1) is 23.1 Å². The molecule has 0 aliphatic heterocycles. The second-order valence-electron chi connectivity index (χ2n) is 3.81. The highest BCUT2D eigenvalue weighted by Crippen LogP contribution is 2.32. The van der Waals surface area contributed by atoms with Gasteiger partial charge in [0.15, 0.2) is 5.75 Å². The van der Waals surface area contributed by atoms with Gasteiger partial charge in [-0.3, -0.25) is 0 Å². The van der Waals surface area contributed by atoms with Gasteiger partial charge < -0.3 is 15.0 Å². The minimum Gasteiger partial charge on any atom is -0.490 e. The van der Waals surface area contributed by atoms with E-state index in [1.165, 1.54) is 12.1 Å². The molecule has 6 heteroatoms. The monoisotopic (exact) mass is 313 g/mol. The predicted octanol–water partition coefficient (Wildman–Crippen LogP) is 2.84. The first kappa shape index (κ1) is 12.9. The molecule has 0 spiro atoms. The SMILES string of the molecule is Nc1cc(F)cc(Br)c1OCCCn1ccnc1. The first-order valence-electron chi connectivity index (χ1n) is 5.50. The zero-order chi connectivity index (χ0) is 13.0. The van der Waals surface area contributed by atoms with Crippen LogP contribution in [0.3, 0.4) is 0 Å². The molecule has 96 valence electrons. The summed E-state index contributed by atoms with van der Waals surface area (Å²) in [6.45, 7) is 1.32. The molecule has 4 nitrogen and oxygen atoms in total. The zero-order valence-corrected chi connectivity index (χ0v) is 11.2. The average Bonchev–Trinajstić information content (AvgIpc) is 2.79. The molecule has 2 aromatic rings. The Kier molecular flexibility index (Phi) is 4.19. The summed E-state index contributed by atoms with van der Waals surface area (Å²) in [6.07, 6.45) is 6.19. The number of hydrogen-bond donors (Lipinski definition) is 1. The van der Waals surface area contributed by atoms with Crippen molar-refractivity contribution in [2.45, 2.75) is 13.0 Å². The summed E-state index contributed by atoms with van der Waals surface area (Å²) in [4.78, 5) is 3.95. The van der Waals surface area contributed by atoms with Crippen molar-refractivity contribution in [2.75, 3.05) is 12.3 Å². The number of nitrogens with two attached hydrogens (primary N) is 1. The van der Waals surface area contributed by atoms with Crippen LogP contribution in [0.1, 0.15) is 6.42 Å². The fourth-order valence-corrected chi connectivity index (χ4v) is 2.13. The molecule has 0 saturated heterocycles. The minimum atomic E-state index is -0.384.